The number of carboxylic acid groups (broad SMARTS) is 1. The van der Waals surface area contributed by atoms with E-state index in [1.165, 1.54) is 0 Å². The maximum Gasteiger partial charge on any atom is 0.321 e. The molecule has 0 bridgehead atoms. The Balaban J connectivity index is 2.29. The third-order valence-electron chi connectivity index (χ3n) is 3.42. The highest BCUT2D eigenvalue weighted by Crippen LogP contribution is 2.29. The van der Waals surface area contributed by atoms with E-state index in [2.05, 4.69) is 5.32 Å². The molecular weight excluding hydrogens is 246 g/mol. The van der Waals surface area contributed by atoms with Gasteiger partial charge in [-0.1, -0.05) is 0 Å². The van der Waals surface area contributed by atoms with E-state index in [0.717, 1.165) is 0 Å². The number of carboxylic acids is 1. The van der Waals surface area contributed by atoms with Crippen LogP contribution in [-0.2, 0) is 19.4 Å². The van der Waals surface area contributed by atoms with Crippen molar-refractivity contribution in [2.24, 2.45) is 0 Å². The van der Waals surface area contributed by atoms with Gasteiger partial charge < -0.3 is 9.84 Å². The Kier molecular flexibility index (Phi) is 3.17. The molecule has 0 radical (unpaired) electrons. The fraction of sp³-hybridized carbons (Fsp3) is 0.900. The van der Waals surface area contributed by atoms with Crippen LogP contribution < -0.4 is 5.32 Å². The van der Waals surface area contributed by atoms with E-state index in [9.17, 15) is 13.2 Å². The first-order chi connectivity index (χ1) is 7.81. The lowest BCUT2D eigenvalue weighted by Gasteiger charge is -2.44. The minimum absolute atomic E-state index is 0.0542. The Morgan fingerprint density at radius 1 is 1.41 bits per heavy atom. The summed E-state index contributed by atoms with van der Waals surface area (Å²) in [4.78, 5) is 10.9. The molecule has 0 aliphatic carbocycles. The molecule has 5 atom stereocenters. The summed E-state index contributed by atoms with van der Waals surface area (Å²) in [6, 6.07) is -1.33. The van der Waals surface area contributed by atoms with Gasteiger partial charge in [0.05, 0.1) is 18.0 Å². The summed E-state index contributed by atoms with van der Waals surface area (Å²) < 4.78 is 29.6. The lowest BCUT2D eigenvalue weighted by atomic mass is 9.98. The smallest absolute Gasteiger partial charge is 0.321 e. The SMILES string of the molecule is CC1CC2NC(C(=O)O)CS(=O)(=O)C2C(C)O1. The van der Waals surface area contributed by atoms with Crippen LogP contribution in [0.3, 0.4) is 0 Å². The van der Waals surface area contributed by atoms with Crippen molar-refractivity contribution in [2.75, 3.05) is 5.75 Å². The molecule has 5 unspecified atom stereocenters. The molecule has 0 saturated carbocycles. The Morgan fingerprint density at radius 2 is 2.06 bits per heavy atom. The maximum atomic E-state index is 12.1. The first-order valence-electron chi connectivity index (χ1n) is 5.67. The molecule has 2 aliphatic rings. The largest absolute Gasteiger partial charge is 0.480 e. The van der Waals surface area contributed by atoms with Crippen molar-refractivity contribution in [3.8, 4) is 0 Å². The fourth-order valence-electron chi connectivity index (χ4n) is 2.82. The van der Waals surface area contributed by atoms with Crippen LogP contribution in [0.4, 0.5) is 0 Å². The predicted octanol–water partition coefficient (Wildman–Crippen LogP) is -0.608. The standard InChI is InChI=1S/C10H17NO5S/c1-5-3-7-9(6(2)16-5)17(14,15)4-8(11-7)10(12)13/h5-9,11H,3-4H2,1-2H3,(H,12,13). The average molecular weight is 263 g/mol. The highest BCUT2D eigenvalue weighted by molar-refractivity contribution is 7.92. The second kappa shape index (κ2) is 4.22. The lowest BCUT2D eigenvalue weighted by molar-refractivity contribution is -0.139. The number of ether oxygens (including phenoxy) is 1. The van der Waals surface area contributed by atoms with Gasteiger partial charge in [0, 0.05) is 6.04 Å². The van der Waals surface area contributed by atoms with Crippen molar-refractivity contribution in [3.05, 3.63) is 0 Å². The molecule has 98 valence electrons. The number of hydrogen-bond acceptors (Lipinski definition) is 5. The predicted molar refractivity (Wildman–Crippen MR) is 60.5 cm³/mol. The minimum atomic E-state index is -3.42. The molecule has 6 nitrogen and oxygen atoms in total. The summed E-state index contributed by atoms with van der Waals surface area (Å²) in [6.07, 6.45) is 0.0790. The van der Waals surface area contributed by atoms with Crippen molar-refractivity contribution in [3.63, 3.8) is 0 Å². The number of sulfone groups is 1. The Hall–Kier alpha value is -0.660. The summed E-state index contributed by atoms with van der Waals surface area (Å²) in [5.41, 5.74) is 0. The van der Waals surface area contributed by atoms with Crippen LogP contribution in [0.15, 0.2) is 0 Å². The number of fused-ring (bicyclic) bond motifs is 1. The first-order valence-corrected chi connectivity index (χ1v) is 7.38. The minimum Gasteiger partial charge on any atom is -0.480 e. The molecule has 2 aliphatic heterocycles. The van der Waals surface area contributed by atoms with E-state index in [1.54, 1.807) is 6.92 Å². The summed E-state index contributed by atoms with van der Waals surface area (Å²) in [6.45, 7) is 3.60. The van der Waals surface area contributed by atoms with Gasteiger partial charge in [-0.2, -0.15) is 0 Å². The van der Waals surface area contributed by atoms with E-state index in [-0.39, 0.29) is 17.9 Å². The highest BCUT2D eigenvalue weighted by Gasteiger charge is 2.49. The summed E-state index contributed by atoms with van der Waals surface area (Å²) in [5.74, 6) is -1.47. The van der Waals surface area contributed by atoms with Crippen LogP contribution in [0, 0.1) is 0 Å². The number of hydrogen-bond donors (Lipinski definition) is 2. The van der Waals surface area contributed by atoms with Crippen LogP contribution in [0.5, 0.6) is 0 Å². The van der Waals surface area contributed by atoms with Gasteiger partial charge >= 0.3 is 5.97 Å². The van der Waals surface area contributed by atoms with E-state index in [0.29, 0.717) is 6.42 Å². The Labute approximate surface area is 100 Å². The molecule has 2 fully saturated rings. The molecular formula is C10H17NO5S. The molecule has 2 rings (SSSR count). The zero-order chi connectivity index (χ0) is 12.8. The molecule has 0 aromatic carbocycles. The first kappa shape index (κ1) is 12.8. The van der Waals surface area contributed by atoms with Gasteiger partial charge in [0.1, 0.15) is 11.3 Å². The van der Waals surface area contributed by atoms with Crippen LogP contribution in [0.25, 0.3) is 0 Å². The summed E-state index contributed by atoms with van der Waals surface area (Å²) in [7, 11) is -3.42. The summed E-state index contributed by atoms with van der Waals surface area (Å²) >= 11 is 0. The number of carbonyl (C=O) groups is 1. The molecule has 2 N–H and O–H groups in total. The van der Waals surface area contributed by atoms with Crippen molar-refractivity contribution < 1.29 is 23.1 Å². The van der Waals surface area contributed by atoms with E-state index in [4.69, 9.17) is 9.84 Å². The molecule has 0 spiro atoms. The Morgan fingerprint density at radius 3 is 2.65 bits per heavy atom. The maximum absolute atomic E-state index is 12.1. The van der Waals surface area contributed by atoms with Crippen molar-refractivity contribution in [1.29, 1.82) is 0 Å². The summed E-state index contributed by atoms with van der Waals surface area (Å²) in [5, 5.41) is 11.2. The molecule has 0 aromatic rings. The van der Waals surface area contributed by atoms with E-state index < -0.39 is 33.2 Å². The van der Waals surface area contributed by atoms with Gasteiger partial charge in [-0.3, -0.25) is 10.1 Å². The van der Waals surface area contributed by atoms with Gasteiger partial charge in [0.15, 0.2) is 9.84 Å². The molecule has 17 heavy (non-hydrogen) atoms. The lowest BCUT2D eigenvalue weighted by Crippen LogP contribution is -2.66. The van der Waals surface area contributed by atoms with Gasteiger partial charge in [-0.25, -0.2) is 8.42 Å². The fourth-order valence-corrected chi connectivity index (χ4v) is 5.08. The topological polar surface area (TPSA) is 92.7 Å². The van der Waals surface area contributed by atoms with Gasteiger partial charge in [-0.15, -0.1) is 0 Å². The molecule has 2 saturated heterocycles. The molecule has 2 heterocycles. The third-order valence-corrected chi connectivity index (χ3v) is 5.76. The quantitative estimate of drug-likeness (QED) is 0.656. The third kappa shape index (κ3) is 2.31. The molecule has 0 amide bonds. The monoisotopic (exact) mass is 263 g/mol. The van der Waals surface area contributed by atoms with E-state index >= 15 is 0 Å². The van der Waals surface area contributed by atoms with Crippen LogP contribution in [0.1, 0.15) is 20.3 Å². The zero-order valence-electron chi connectivity index (χ0n) is 9.79. The van der Waals surface area contributed by atoms with Gasteiger partial charge in [0.2, 0.25) is 0 Å². The van der Waals surface area contributed by atoms with Crippen molar-refractivity contribution >= 4 is 15.8 Å². The Bertz CT molecular complexity index is 420. The van der Waals surface area contributed by atoms with Crippen LogP contribution >= 0.6 is 0 Å². The number of aliphatic carboxylic acids is 1. The van der Waals surface area contributed by atoms with Crippen LogP contribution in [-0.4, -0.2) is 54.8 Å². The van der Waals surface area contributed by atoms with Gasteiger partial charge in [-0.05, 0) is 20.3 Å². The number of rotatable bonds is 1. The molecule has 0 aromatic heterocycles. The second-order valence-electron chi connectivity index (χ2n) is 4.85. The molecule has 7 heteroatoms. The average Bonchev–Trinajstić information content (AvgIpc) is 2.13. The van der Waals surface area contributed by atoms with E-state index in [1.807, 2.05) is 6.92 Å². The highest BCUT2D eigenvalue weighted by atomic mass is 32.2. The number of nitrogens with one attached hydrogen (secondary N) is 1. The normalized spacial score (nSPS) is 44.9. The second-order valence-corrected chi connectivity index (χ2v) is 7.05. The zero-order valence-corrected chi connectivity index (χ0v) is 10.6. The van der Waals surface area contributed by atoms with Crippen LogP contribution in [0.2, 0.25) is 0 Å². The van der Waals surface area contributed by atoms with Crippen molar-refractivity contribution in [1.82, 2.24) is 5.32 Å². The van der Waals surface area contributed by atoms with Gasteiger partial charge in [0.25, 0.3) is 0 Å². The van der Waals surface area contributed by atoms with Crippen molar-refractivity contribution in [2.45, 2.75) is 49.8 Å².